The molecule has 0 heterocycles. The van der Waals surface area contributed by atoms with Crippen LogP contribution >= 0.6 is 23.2 Å². The first-order valence-corrected chi connectivity index (χ1v) is 8.29. The Balaban J connectivity index is 2.07. The number of hydrazone groups is 1. The molecule has 0 spiro atoms. The van der Waals surface area contributed by atoms with E-state index < -0.39 is 0 Å². The number of amides is 1. The van der Waals surface area contributed by atoms with Crippen molar-refractivity contribution in [3.63, 3.8) is 0 Å². The van der Waals surface area contributed by atoms with Crippen LogP contribution < -0.4 is 14.9 Å². The smallest absolute Gasteiger partial charge is 0.271 e. The minimum Gasteiger partial charge on any atom is -0.497 e. The summed E-state index contributed by atoms with van der Waals surface area (Å²) in [5.41, 5.74) is 3.52. The second kappa shape index (κ2) is 8.74. The molecule has 1 amide bonds. The van der Waals surface area contributed by atoms with Gasteiger partial charge >= 0.3 is 0 Å². The minimum absolute atomic E-state index is 0.0448. The van der Waals surface area contributed by atoms with Crippen LogP contribution in [-0.4, -0.2) is 25.3 Å². The molecule has 1 N–H and O–H groups in total. The first-order valence-electron chi connectivity index (χ1n) is 7.54. The lowest BCUT2D eigenvalue weighted by molar-refractivity contribution is 0.0955. The number of carbonyl (C=O) groups excluding carboxylic acids is 1. The number of hydrogen-bond acceptors (Lipinski definition) is 4. The molecule has 2 aromatic rings. The summed E-state index contributed by atoms with van der Waals surface area (Å²) in [6.07, 6.45) is 1.41. The summed E-state index contributed by atoms with van der Waals surface area (Å²) in [5.74, 6) is 0.666. The Kier molecular flexibility index (Phi) is 6.67. The highest BCUT2D eigenvalue weighted by Crippen LogP contribution is 2.34. The first kappa shape index (κ1) is 19.1. The van der Waals surface area contributed by atoms with Crippen molar-refractivity contribution < 1.29 is 14.3 Å². The molecular formula is C18H18Cl2N2O3. The number of halogens is 2. The normalized spacial score (nSPS) is 11.0. The third-order valence-corrected chi connectivity index (χ3v) is 3.65. The van der Waals surface area contributed by atoms with Crippen molar-refractivity contribution in [3.8, 4) is 11.5 Å². The van der Waals surface area contributed by atoms with E-state index in [1.54, 1.807) is 36.4 Å². The number of ether oxygens (including phenoxy) is 2. The van der Waals surface area contributed by atoms with Crippen molar-refractivity contribution in [1.29, 1.82) is 0 Å². The van der Waals surface area contributed by atoms with Gasteiger partial charge in [0, 0.05) is 5.56 Å². The van der Waals surface area contributed by atoms with Crippen LogP contribution in [0.1, 0.15) is 29.8 Å². The van der Waals surface area contributed by atoms with Crippen molar-refractivity contribution in [2.75, 3.05) is 7.11 Å². The molecule has 0 saturated heterocycles. The summed E-state index contributed by atoms with van der Waals surface area (Å²) < 4.78 is 10.6. The molecule has 2 rings (SSSR count). The van der Waals surface area contributed by atoms with Crippen molar-refractivity contribution in [3.05, 3.63) is 57.6 Å². The molecule has 0 unspecified atom stereocenters. The average Bonchev–Trinajstić information content (AvgIpc) is 2.58. The summed E-state index contributed by atoms with van der Waals surface area (Å²) in [4.78, 5) is 12.1. The van der Waals surface area contributed by atoms with Crippen molar-refractivity contribution in [2.24, 2.45) is 5.10 Å². The van der Waals surface area contributed by atoms with Gasteiger partial charge in [0.1, 0.15) is 5.75 Å². The Bertz CT molecular complexity index is 769. The second-order valence-electron chi connectivity index (χ2n) is 5.41. The van der Waals surface area contributed by atoms with Gasteiger partial charge in [-0.25, -0.2) is 5.43 Å². The van der Waals surface area contributed by atoms with Crippen LogP contribution in [0.5, 0.6) is 11.5 Å². The van der Waals surface area contributed by atoms with E-state index in [2.05, 4.69) is 10.5 Å². The number of hydrogen-bond donors (Lipinski definition) is 1. The highest BCUT2D eigenvalue weighted by molar-refractivity contribution is 6.37. The van der Waals surface area contributed by atoms with Gasteiger partial charge in [-0.15, -0.1) is 0 Å². The molecule has 25 heavy (non-hydrogen) atoms. The van der Waals surface area contributed by atoms with Gasteiger partial charge in [-0.1, -0.05) is 29.3 Å². The van der Waals surface area contributed by atoms with Crippen LogP contribution in [0.25, 0.3) is 0 Å². The van der Waals surface area contributed by atoms with E-state index in [1.807, 2.05) is 13.8 Å². The lowest BCUT2D eigenvalue weighted by atomic mass is 10.2. The Morgan fingerprint density at radius 1 is 1.20 bits per heavy atom. The van der Waals surface area contributed by atoms with Gasteiger partial charge in [0.15, 0.2) is 5.75 Å². The van der Waals surface area contributed by atoms with E-state index in [4.69, 9.17) is 32.7 Å². The molecule has 0 aromatic heterocycles. The van der Waals surface area contributed by atoms with Gasteiger partial charge in [-0.3, -0.25) is 4.79 Å². The number of benzene rings is 2. The highest BCUT2D eigenvalue weighted by Gasteiger charge is 2.11. The number of methoxy groups -OCH3 is 1. The quantitative estimate of drug-likeness (QED) is 0.590. The van der Waals surface area contributed by atoms with Gasteiger partial charge in [-0.2, -0.15) is 5.10 Å². The molecule has 0 aliphatic rings. The van der Waals surface area contributed by atoms with Crippen LogP contribution in [0.15, 0.2) is 41.5 Å². The summed E-state index contributed by atoms with van der Waals surface area (Å²) >= 11 is 12.4. The largest absolute Gasteiger partial charge is 0.497 e. The zero-order chi connectivity index (χ0) is 18.4. The average molecular weight is 381 g/mol. The number of carbonyl (C=O) groups is 1. The fraction of sp³-hybridized carbons (Fsp3) is 0.222. The van der Waals surface area contributed by atoms with Crippen LogP contribution in [0.3, 0.4) is 0 Å². The zero-order valence-corrected chi connectivity index (χ0v) is 15.6. The van der Waals surface area contributed by atoms with E-state index >= 15 is 0 Å². The van der Waals surface area contributed by atoms with E-state index in [0.29, 0.717) is 32.7 Å². The predicted octanol–water partition coefficient (Wildman–Crippen LogP) is 4.55. The fourth-order valence-electron chi connectivity index (χ4n) is 2.00. The van der Waals surface area contributed by atoms with Gasteiger partial charge in [0.05, 0.1) is 29.5 Å². The third kappa shape index (κ3) is 5.37. The van der Waals surface area contributed by atoms with Crippen molar-refractivity contribution in [2.45, 2.75) is 20.0 Å². The molecule has 0 fully saturated rings. The maximum atomic E-state index is 12.1. The Hall–Kier alpha value is -2.24. The third-order valence-electron chi connectivity index (χ3n) is 3.09. The topological polar surface area (TPSA) is 59.9 Å². The SMILES string of the molecule is COc1cccc(C(=O)N/N=C/c2cc(Cl)c(OC(C)C)c(Cl)c2)c1. The Morgan fingerprint density at radius 2 is 1.88 bits per heavy atom. The molecule has 7 heteroatoms. The Morgan fingerprint density at radius 3 is 2.48 bits per heavy atom. The molecule has 0 aliphatic heterocycles. The van der Waals surface area contributed by atoms with Gasteiger partial charge in [0.2, 0.25) is 0 Å². The second-order valence-corrected chi connectivity index (χ2v) is 6.23. The molecule has 0 aliphatic carbocycles. The summed E-state index contributed by atoms with van der Waals surface area (Å²) in [7, 11) is 1.54. The van der Waals surface area contributed by atoms with Gasteiger partial charge in [0.25, 0.3) is 5.91 Å². The zero-order valence-electron chi connectivity index (χ0n) is 14.0. The first-order chi connectivity index (χ1) is 11.9. The maximum absolute atomic E-state index is 12.1. The minimum atomic E-state index is -0.355. The monoisotopic (exact) mass is 380 g/mol. The summed E-state index contributed by atoms with van der Waals surface area (Å²) in [6.45, 7) is 3.77. The molecular weight excluding hydrogens is 363 g/mol. The summed E-state index contributed by atoms with van der Waals surface area (Å²) in [6, 6.07) is 10.1. The molecule has 0 atom stereocenters. The van der Waals surface area contributed by atoms with Crippen molar-refractivity contribution in [1.82, 2.24) is 5.43 Å². The van der Waals surface area contributed by atoms with Crippen LogP contribution in [0.4, 0.5) is 0 Å². The van der Waals surface area contributed by atoms with Gasteiger partial charge in [-0.05, 0) is 49.7 Å². The fourth-order valence-corrected chi connectivity index (χ4v) is 2.59. The standard InChI is InChI=1S/C18H18Cl2N2O3/c1-11(2)25-17-15(19)7-12(8-16(17)20)10-21-22-18(23)13-5-4-6-14(9-13)24-3/h4-11H,1-3H3,(H,22,23)/b21-10+. The number of rotatable bonds is 6. The molecule has 5 nitrogen and oxygen atoms in total. The molecule has 0 radical (unpaired) electrons. The molecule has 132 valence electrons. The molecule has 0 bridgehead atoms. The lowest BCUT2D eigenvalue weighted by Crippen LogP contribution is -2.17. The van der Waals surface area contributed by atoms with Gasteiger partial charge < -0.3 is 9.47 Å². The Labute approximate surface area is 156 Å². The van der Waals surface area contributed by atoms with Crippen LogP contribution in [0, 0.1) is 0 Å². The number of nitrogens with zero attached hydrogens (tertiary/aromatic N) is 1. The lowest BCUT2D eigenvalue weighted by Gasteiger charge is -2.13. The predicted molar refractivity (Wildman–Crippen MR) is 100 cm³/mol. The maximum Gasteiger partial charge on any atom is 0.271 e. The van der Waals surface area contributed by atoms with Crippen molar-refractivity contribution >= 4 is 35.3 Å². The summed E-state index contributed by atoms with van der Waals surface area (Å²) in [5, 5.41) is 4.68. The van der Waals surface area contributed by atoms with E-state index in [9.17, 15) is 4.79 Å². The van der Waals surface area contributed by atoms with E-state index in [1.165, 1.54) is 13.3 Å². The van der Waals surface area contributed by atoms with E-state index in [-0.39, 0.29) is 12.0 Å². The molecule has 2 aromatic carbocycles. The van der Waals surface area contributed by atoms with E-state index in [0.717, 1.165) is 0 Å². The number of nitrogens with one attached hydrogen (secondary N) is 1. The highest BCUT2D eigenvalue weighted by atomic mass is 35.5. The van der Waals surface area contributed by atoms with Crippen LogP contribution in [-0.2, 0) is 0 Å². The molecule has 0 saturated carbocycles. The van der Waals surface area contributed by atoms with Crippen LogP contribution in [0.2, 0.25) is 10.0 Å².